The predicted molar refractivity (Wildman–Crippen MR) is 65.3 cm³/mol. The second kappa shape index (κ2) is 4.98. The highest BCUT2D eigenvalue weighted by Gasteiger charge is 2.02. The molecule has 0 N–H and O–H groups in total. The molecule has 0 saturated heterocycles. The molecule has 0 bridgehead atoms. The monoisotopic (exact) mass is 291 g/mol. The summed E-state index contributed by atoms with van der Waals surface area (Å²) < 4.78 is 19.5. The van der Waals surface area contributed by atoms with Gasteiger partial charge in [-0.25, -0.2) is 4.39 Å². The standard InChI is InChI=1S/C13H7BrFNO/c14-10-1-3-12(4-2-10)17-13-6-9(8-16)5-11(15)7-13/h1-7H. The van der Waals surface area contributed by atoms with E-state index in [4.69, 9.17) is 10.00 Å². The molecule has 2 nitrogen and oxygen atoms in total. The van der Waals surface area contributed by atoms with Crippen LogP contribution in [-0.4, -0.2) is 0 Å². The van der Waals surface area contributed by atoms with E-state index in [0.717, 1.165) is 10.5 Å². The Morgan fingerprint density at radius 2 is 1.76 bits per heavy atom. The fourth-order valence-electron chi connectivity index (χ4n) is 1.32. The van der Waals surface area contributed by atoms with Gasteiger partial charge in [-0.2, -0.15) is 5.26 Å². The van der Waals surface area contributed by atoms with E-state index < -0.39 is 5.82 Å². The molecule has 2 aromatic rings. The van der Waals surface area contributed by atoms with Crippen LogP contribution in [0.5, 0.6) is 11.5 Å². The van der Waals surface area contributed by atoms with Crippen molar-refractivity contribution in [3.63, 3.8) is 0 Å². The van der Waals surface area contributed by atoms with Crippen molar-refractivity contribution in [2.24, 2.45) is 0 Å². The Balaban J connectivity index is 2.27. The Morgan fingerprint density at radius 3 is 2.41 bits per heavy atom. The van der Waals surface area contributed by atoms with Crippen molar-refractivity contribution in [2.45, 2.75) is 0 Å². The van der Waals surface area contributed by atoms with E-state index >= 15 is 0 Å². The Labute approximate surface area is 106 Å². The van der Waals surface area contributed by atoms with Gasteiger partial charge in [0, 0.05) is 10.5 Å². The van der Waals surface area contributed by atoms with Gasteiger partial charge in [-0.15, -0.1) is 0 Å². The highest BCUT2D eigenvalue weighted by molar-refractivity contribution is 9.10. The van der Waals surface area contributed by atoms with E-state index in [2.05, 4.69) is 15.9 Å². The van der Waals surface area contributed by atoms with Crippen molar-refractivity contribution in [1.29, 1.82) is 5.26 Å². The Morgan fingerprint density at radius 1 is 1.06 bits per heavy atom. The van der Waals surface area contributed by atoms with Crippen LogP contribution in [0.4, 0.5) is 4.39 Å². The third kappa shape index (κ3) is 3.05. The molecule has 84 valence electrons. The topological polar surface area (TPSA) is 33.0 Å². The number of hydrogen-bond donors (Lipinski definition) is 0. The van der Waals surface area contributed by atoms with Crippen molar-refractivity contribution in [2.75, 3.05) is 0 Å². The van der Waals surface area contributed by atoms with Gasteiger partial charge in [-0.1, -0.05) is 15.9 Å². The van der Waals surface area contributed by atoms with Crippen molar-refractivity contribution >= 4 is 15.9 Å². The number of halogens is 2. The zero-order chi connectivity index (χ0) is 12.3. The van der Waals surface area contributed by atoms with Gasteiger partial charge in [0.15, 0.2) is 0 Å². The molecule has 0 radical (unpaired) electrons. The first kappa shape index (κ1) is 11.6. The van der Waals surface area contributed by atoms with Gasteiger partial charge in [0.1, 0.15) is 17.3 Å². The lowest BCUT2D eigenvalue weighted by atomic mass is 10.2. The van der Waals surface area contributed by atoms with E-state index in [-0.39, 0.29) is 5.56 Å². The third-order valence-corrected chi connectivity index (χ3v) is 2.58. The van der Waals surface area contributed by atoms with Crippen LogP contribution in [0.15, 0.2) is 46.9 Å². The van der Waals surface area contributed by atoms with Crippen molar-refractivity contribution in [3.05, 3.63) is 58.3 Å². The zero-order valence-corrected chi connectivity index (χ0v) is 10.2. The quantitative estimate of drug-likeness (QED) is 0.828. The van der Waals surface area contributed by atoms with Crippen LogP contribution in [0.25, 0.3) is 0 Å². The molecule has 0 saturated carbocycles. The van der Waals surface area contributed by atoms with Crippen LogP contribution in [0.1, 0.15) is 5.56 Å². The first-order valence-corrected chi connectivity index (χ1v) is 5.61. The summed E-state index contributed by atoms with van der Waals surface area (Å²) >= 11 is 3.31. The van der Waals surface area contributed by atoms with Crippen LogP contribution >= 0.6 is 15.9 Å². The molecule has 0 fully saturated rings. The fraction of sp³-hybridized carbons (Fsp3) is 0. The molecular formula is C13H7BrFNO. The average Bonchev–Trinajstić information content (AvgIpc) is 2.31. The largest absolute Gasteiger partial charge is 0.457 e. The summed E-state index contributed by atoms with van der Waals surface area (Å²) in [6.07, 6.45) is 0. The summed E-state index contributed by atoms with van der Waals surface area (Å²) in [6, 6.07) is 12.9. The molecule has 2 rings (SSSR count). The Bertz CT molecular complexity index is 575. The molecule has 4 heteroatoms. The predicted octanol–water partition coefficient (Wildman–Crippen LogP) is 4.25. The van der Waals surface area contributed by atoms with E-state index in [9.17, 15) is 4.39 Å². The molecule has 0 amide bonds. The van der Waals surface area contributed by atoms with Gasteiger partial charge < -0.3 is 4.74 Å². The second-order valence-electron chi connectivity index (χ2n) is 3.34. The minimum absolute atomic E-state index is 0.233. The summed E-state index contributed by atoms with van der Waals surface area (Å²) in [5.41, 5.74) is 0.233. The molecule has 0 atom stereocenters. The number of nitriles is 1. The van der Waals surface area contributed by atoms with Gasteiger partial charge >= 0.3 is 0 Å². The molecular weight excluding hydrogens is 285 g/mol. The third-order valence-electron chi connectivity index (χ3n) is 2.05. The SMILES string of the molecule is N#Cc1cc(F)cc(Oc2ccc(Br)cc2)c1. The maximum atomic E-state index is 13.1. The molecule has 0 unspecified atom stereocenters. The van der Waals surface area contributed by atoms with Crippen molar-refractivity contribution in [3.8, 4) is 17.6 Å². The van der Waals surface area contributed by atoms with Crippen molar-refractivity contribution < 1.29 is 9.13 Å². The molecule has 2 aromatic carbocycles. The van der Waals surface area contributed by atoms with Gasteiger partial charge in [0.2, 0.25) is 0 Å². The zero-order valence-electron chi connectivity index (χ0n) is 8.65. The maximum Gasteiger partial charge on any atom is 0.131 e. The fourth-order valence-corrected chi connectivity index (χ4v) is 1.59. The lowest BCUT2D eigenvalue weighted by Gasteiger charge is -2.06. The lowest BCUT2D eigenvalue weighted by molar-refractivity contribution is 0.476. The van der Waals surface area contributed by atoms with Gasteiger partial charge in [0.25, 0.3) is 0 Å². The van der Waals surface area contributed by atoms with Crippen LogP contribution < -0.4 is 4.74 Å². The van der Waals surface area contributed by atoms with Crippen LogP contribution in [0.2, 0.25) is 0 Å². The Hall–Kier alpha value is -1.86. The lowest BCUT2D eigenvalue weighted by Crippen LogP contribution is -1.87. The molecule has 0 spiro atoms. The highest BCUT2D eigenvalue weighted by atomic mass is 79.9. The van der Waals surface area contributed by atoms with E-state index in [1.807, 2.05) is 18.2 Å². The first-order chi connectivity index (χ1) is 8.17. The molecule has 0 aliphatic rings. The summed E-state index contributed by atoms with van der Waals surface area (Å²) in [5.74, 6) is 0.405. The minimum Gasteiger partial charge on any atom is -0.457 e. The molecule has 17 heavy (non-hydrogen) atoms. The summed E-state index contributed by atoms with van der Waals surface area (Å²) in [5, 5.41) is 8.71. The molecule has 0 aromatic heterocycles. The number of benzene rings is 2. The van der Waals surface area contributed by atoms with E-state index in [0.29, 0.717) is 11.5 Å². The maximum absolute atomic E-state index is 13.1. The number of ether oxygens (including phenoxy) is 1. The molecule has 0 aliphatic heterocycles. The number of nitrogens with zero attached hydrogens (tertiary/aromatic N) is 1. The van der Waals surface area contributed by atoms with Crippen LogP contribution in [-0.2, 0) is 0 Å². The summed E-state index contributed by atoms with van der Waals surface area (Å²) in [7, 11) is 0. The van der Waals surface area contributed by atoms with Crippen LogP contribution in [0, 0.1) is 17.1 Å². The van der Waals surface area contributed by atoms with E-state index in [1.54, 1.807) is 12.1 Å². The normalized spacial score (nSPS) is 9.71. The first-order valence-electron chi connectivity index (χ1n) is 4.81. The van der Waals surface area contributed by atoms with E-state index in [1.165, 1.54) is 12.1 Å². The Kier molecular flexibility index (Phi) is 3.40. The van der Waals surface area contributed by atoms with Gasteiger partial charge in [-0.3, -0.25) is 0 Å². The van der Waals surface area contributed by atoms with Gasteiger partial charge in [0.05, 0.1) is 11.6 Å². The smallest absolute Gasteiger partial charge is 0.131 e. The molecule has 0 aliphatic carbocycles. The van der Waals surface area contributed by atoms with Crippen molar-refractivity contribution in [1.82, 2.24) is 0 Å². The highest BCUT2D eigenvalue weighted by Crippen LogP contribution is 2.24. The minimum atomic E-state index is -0.490. The summed E-state index contributed by atoms with van der Waals surface area (Å²) in [4.78, 5) is 0. The number of rotatable bonds is 2. The van der Waals surface area contributed by atoms with Gasteiger partial charge in [-0.05, 0) is 36.4 Å². The number of hydrogen-bond acceptors (Lipinski definition) is 2. The second-order valence-corrected chi connectivity index (χ2v) is 4.26. The van der Waals surface area contributed by atoms with Crippen LogP contribution in [0.3, 0.4) is 0 Å². The molecule has 0 heterocycles. The summed E-state index contributed by atoms with van der Waals surface area (Å²) in [6.45, 7) is 0. The average molecular weight is 292 g/mol.